The quantitative estimate of drug-likeness (QED) is 0.256. The van der Waals surface area contributed by atoms with E-state index in [2.05, 4.69) is 41.9 Å². The number of anilines is 1. The van der Waals surface area contributed by atoms with Crippen molar-refractivity contribution in [1.29, 1.82) is 5.26 Å². The Morgan fingerprint density at radius 1 is 1.00 bits per heavy atom. The van der Waals surface area contributed by atoms with Crippen LogP contribution in [0.2, 0.25) is 0 Å². The monoisotopic (exact) mass is 589 g/mol. The molecule has 2 fully saturated rings. The molecule has 0 bridgehead atoms. The maximum absolute atomic E-state index is 14.6. The topological polar surface area (TPSA) is 114 Å². The van der Waals surface area contributed by atoms with Crippen LogP contribution >= 0.6 is 0 Å². The SMILES string of the molecule is Cc1cc(C#N)cc(C)c1-c1cc(F)ccc1Oc1cncnc1N1CCC2(CCN(Cc3ccc4[nH]c(=O)[nH]c4c3)C2)C1. The standard InChI is InChI=1S/C34H32FN7O2/c1-21-11-24(15-36)12-22(2)31(21)26-14-25(35)4-6-29(26)44-30-16-37-20-38-32(30)42-10-8-34(19-42)7-9-41(18-34)17-23-3-5-27-28(13-23)40-33(43)39-27/h3-6,11-14,16,20H,7-10,17-19H2,1-2H3,(H2,39,40,43). The zero-order valence-electron chi connectivity index (χ0n) is 24.7. The molecule has 2 saturated heterocycles. The third-order valence-corrected chi connectivity index (χ3v) is 8.99. The molecule has 0 radical (unpaired) electrons. The lowest BCUT2D eigenvalue weighted by atomic mass is 9.86. The van der Waals surface area contributed by atoms with Gasteiger partial charge in [-0.2, -0.15) is 5.26 Å². The molecule has 2 N–H and O–H groups in total. The summed E-state index contributed by atoms with van der Waals surface area (Å²) in [6.07, 6.45) is 5.34. The van der Waals surface area contributed by atoms with Gasteiger partial charge in [0.25, 0.3) is 0 Å². The fraction of sp³-hybridized carbons (Fsp3) is 0.294. The van der Waals surface area contributed by atoms with Gasteiger partial charge in [-0.05, 0) is 98.0 Å². The Labute approximate surface area is 254 Å². The van der Waals surface area contributed by atoms with Crippen molar-refractivity contribution in [3.05, 3.63) is 99.6 Å². The van der Waals surface area contributed by atoms with E-state index in [1.54, 1.807) is 12.3 Å². The van der Waals surface area contributed by atoms with E-state index in [0.717, 1.165) is 79.1 Å². The van der Waals surface area contributed by atoms with Crippen LogP contribution in [0, 0.1) is 36.4 Å². The smallest absolute Gasteiger partial charge is 0.323 e. The Bertz CT molecular complexity index is 1970. The number of benzene rings is 3. The van der Waals surface area contributed by atoms with Crippen molar-refractivity contribution >= 4 is 16.9 Å². The molecule has 1 spiro atoms. The van der Waals surface area contributed by atoms with Gasteiger partial charge in [-0.1, -0.05) is 6.07 Å². The molecule has 44 heavy (non-hydrogen) atoms. The summed E-state index contributed by atoms with van der Waals surface area (Å²) in [5.41, 5.74) is 6.54. The van der Waals surface area contributed by atoms with Gasteiger partial charge in [0.1, 0.15) is 17.9 Å². The first-order valence-corrected chi connectivity index (χ1v) is 14.8. The molecule has 0 amide bonds. The summed E-state index contributed by atoms with van der Waals surface area (Å²) in [5.74, 6) is 1.37. The van der Waals surface area contributed by atoms with Gasteiger partial charge in [0, 0.05) is 37.2 Å². The van der Waals surface area contributed by atoms with Crippen molar-refractivity contribution in [2.75, 3.05) is 31.1 Å². The summed E-state index contributed by atoms with van der Waals surface area (Å²) >= 11 is 0. The predicted octanol–water partition coefficient (Wildman–Crippen LogP) is 5.84. The lowest BCUT2D eigenvalue weighted by Gasteiger charge is -2.26. The van der Waals surface area contributed by atoms with Gasteiger partial charge in [0.05, 0.1) is 28.9 Å². The molecule has 4 heterocycles. The van der Waals surface area contributed by atoms with Gasteiger partial charge in [0.15, 0.2) is 11.6 Å². The Kier molecular flexibility index (Phi) is 6.90. The number of H-pyrrole nitrogens is 2. The van der Waals surface area contributed by atoms with Gasteiger partial charge in [-0.3, -0.25) is 4.90 Å². The van der Waals surface area contributed by atoms with Crippen molar-refractivity contribution < 1.29 is 9.13 Å². The number of rotatable bonds is 6. The van der Waals surface area contributed by atoms with E-state index in [1.165, 1.54) is 24.0 Å². The van der Waals surface area contributed by atoms with Crippen molar-refractivity contribution in [3.8, 4) is 28.7 Å². The van der Waals surface area contributed by atoms with Crippen LogP contribution in [0.4, 0.5) is 10.2 Å². The largest absolute Gasteiger partial charge is 0.451 e. The first kappa shape index (κ1) is 27.8. The van der Waals surface area contributed by atoms with E-state index in [-0.39, 0.29) is 16.9 Å². The van der Waals surface area contributed by atoms with Crippen molar-refractivity contribution in [2.24, 2.45) is 5.41 Å². The van der Waals surface area contributed by atoms with E-state index in [0.29, 0.717) is 22.6 Å². The van der Waals surface area contributed by atoms with E-state index < -0.39 is 0 Å². The van der Waals surface area contributed by atoms with Gasteiger partial charge in [-0.15, -0.1) is 0 Å². The zero-order valence-corrected chi connectivity index (χ0v) is 24.7. The summed E-state index contributed by atoms with van der Waals surface area (Å²) in [6, 6.07) is 16.4. The Balaban J connectivity index is 1.11. The molecule has 3 aromatic carbocycles. The Morgan fingerprint density at radius 3 is 2.61 bits per heavy atom. The number of ether oxygens (including phenoxy) is 1. The van der Waals surface area contributed by atoms with Gasteiger partial charge in [-0.25, -0.2) is 19.2 Å². The molecule has 2 aliphatic rings. The third-order valence-electron chi connectivity index (χ3n) is 8.99. The Hall–Kier alpha value is -5.01. The van der Waals surface area contributed by atoms with Crippen LogP contribution in [-0.4, -0.2) is 51.0 Å². The van der Waals surface area contributed by atoms with Crippen LogP contribution in [-0.2, 0) is 6.54 Å². The highest BCUT2D eigenvalue weighted by molar-refractivity contribution is 5.78. The number of imidazole rings is 1. The van der Waals surface area contributed by atoms with Crippen LogP contribution < -0.4 is 15.3 Å². The lowest BCUT2D eigenvalue weighted by molar-refractivity contribution is 0.270. The number of nitrogens with one attached hydrogen (secondary N) is 2. The van der Waals surface area contributed by atoms with Crippen LogP contribution in [0.15, 0.2) is 65.8 Å². The van der Waals surface area contributed by atoms with Gasteiger partial charge in [0.2, 0.25) is 0 Å². The zero-order chi connectivity index (χ0) is 30.4. The number of nitrogens with zero attached hydrogens (tertiary/aromatic N) is 5. The second kappa shape index (κ2) is 10.9. The molecular weight excluding hydrogens is 557 g/mol. The number of likely N-dealkylation sites (tertiary alicyclic amines) is 1. The van der Waals surface area contributed by atoms with Crippen molar-refractivity contribution in [1.82, 2.24) is 24.8 Å². The second-order valence-electron chi connectivity index (χ2n) is 12.1. The first-order chi connectivity index (χ1) is 21.3. The minimum Gasteiger partial charge on any atom is -0.451 e. The number of aromatic nitrogens is 4. The van der Waals surface area contributed by atoms with E-state index in [9.17, 15) is 14.4 Å². The summed E-state index contributed by atoms with van der Waals surface area (Å²) in [7, 11) is 0. The highest BCUT2D eigenvalue weighted by atomic mass is 19.1. The highest BCUT2D eigenvalue weighted by Crippen LogP contribution is 2.44. The molecule has 0 aliphatic carbocycles. The predicted molar refractivity (Wildman–Crippen MR) is 166 cm³/mol. The molecule has 1 unspecified atom stereocenters. The second-order valence-corrected chi connectivity index (χ2v) is 12.1. The normalized spacial score (nSPS) is 18.4. The van der Waals surface area contributed by atoms with Gasteiger partial charge >= 0.3 is 5.69 Å². The molecule has 9 nitrogen and oxygen atoms in total. The van der Waals surface area contributed by atoms with E-state index >= 15 is 0 Å². The van der Waals surface area contributed by atoms with Crippen LogP contribution in [0.1, 0.15) is 35.1 Å². The van der Waals surface area contributed by atoms with E-state index in [4.69, 9.17) is 4.74 Å². The molecule has 10 heteroatoms. The molecule has 222 valence electrons. The number of aryl methyl sites for hydroxylation is 2. The summed E-state index contributed by atoms with van der Waals surface area (Å²) < 4.78 is 21.0. The number of halogens is 1. The minimum atomic E-state index is -0.367. The number of hydrogen-bond acceptors (Lipinski definition) is 7. The van der Waals surface area contributed by atoms with Crippen molar-refractivity contribution in [3.63, 3.8) is 0 Å². The third kappa shape index (κ3) is 5.20. The maximum atomic E-state index is 14.6. The van der Waals surface area contributed by atoms with Crippen LogP contribution in [0.25, 0.3) is 22.2 Å². The minimum absolute atomic E-state index is 0.145. The lowest BCUT2D eigenvalue weighted by Crippen LogP contribution is -2.31. The molecule has 1 atom stereocenters. The van der Waals surface area contributed by atoms with Crippen LogP contribution in [0.5, 0.6) is 11.5 Å². The van der Waals surface area contributed by atoms with Gasteiger partial charge < -0.3 is 19.6 Å². The number of hydrogen-bond donors (Lipinski definition) is 2. The summed E-state index contributed by atoms with van der Waals surface area (Å²) in [4.78, 5) is 31.0. The molecule has 5 aromatic rings. The van der Waals surface area contributed by atoms with E-state index in [1.807, 2.05) is 38.1 Å². The highest BCUT2D eigenvalue weighted by Gasteiger charge is 2.44. The average Bonchev–Trinajstić information content (AvgIpc) is 3.71. The molecule has 0 saturated carbocycles. The maximum Gasteiger partial charge on any atom is 0.323 e. The molecule has 7 rings (SSSR count). The Morgan fingerprint density at radius 2 is 1.80 bits per heavy atom. The number of fused-ring (bicyclic) bond motifs is 1. The number of aromatic amines is 2. The number of nitriles is 1. The summed E-state index contributed by atoms with van der Waals surface area (Å²) in [6.45, 7) is 8.35. The summed E-state index contributed by atoms with van der Waals surface area (Å²) in [5, 5.41) is 9.40. The average molecular weight is 590 g/mol. The van der Waals surface area contributed by atoms with Crippen LogP contribution in [0.3, 0.4) is 0 Å². The molecule has 2 aliphatic heterocycles. The molecular formula is C34H32FN7O2. The fourth-order valence-electron chi connectivity index (χ4n) is 7.03. The fourth-order valence-corrected chi connectivity index (χ4v) is 7.03. The van der Waals surface area contributed by atoms with Crippen molar-refractivity contribution in [2.45, 2.75) is 33.2 Å². The first-order valence-electron chi connectivity index (χ1n) is 14.8. The molecule has 2 aromatic heterocycles.